The van der Waals surface area contributed by atoms with Crippen molar-refractivity contribution in [3.8, 4) is 0 Å². The molecule has 2 unspecified atom stereocenters. The molecule has 1 amide bonds. The Morgan fingerprint density at radius 2 is 2.13 bits per heavy atom. The van der Waals surface area contributed by atoms with Crippen LogP contribution in [0.4, 0.5) is 0 Å². The van der Waals surface area contributed by atoms with Crippen LogP contribution in [-0.2, 0) is 14.3 Å². The molecule has 0 aromatic rings. The Hall–Kier alpha value is -0.650. The van der Waals surface area contributed by atoms with Gasteiger partial charge in [0.05, 0.1) is 12.7 Å². The van der Waals surface area contributed by atoms with Crippen LogP contribution in [-0.4, -0.2) is 45.4 Å². The lowest BCUT2D eigenvalue weighted by Crippen LogP contribution is -2.38. The van der Waals surface area contributed by atoms with Crippen molar-refractivity contribution < 1.29 is 14.3 Å². The number of hydrogen-bond acceptors (Lipinski definition) is 4. The number of carbonyl (C=O) groups is 1. The Labute approximate surface area is 91.3 Å². The van der Waals surface area contributed by atoms with Gasteiger partial charge in [0, 0.05) is 33.2 Å². The highest BCUT2D eigenvalue weighted by Gasteiger charge is 2.11. The molecular weight excluding hydrogens is 196 g/mol. The third-order valence-electron chi connectivity index (χ3n) is 2.18. The molecule has 0 spiro atoms. The number of nitrogens with one attached hydrogen (secondary N) is 1. The molecule has 3 N–H and O–H groups in total. The molecule has 0 rings (SSSR count). The summed E-state index contributed by atoms with van der Waals surface area (Å²) in [7, 11) is 3.19. The fourth-order valence-electron chi connectivity index (χ4n) is 1.08. The molecule has 0 bridgehead atoms. The average Bonchev–Trinajstić information content (AvgIpc) is 2.23. The van der Waals surface area contributed by atoms with E-state index in [-0.39, 0.29) is 18.1 Å². The number of nitrogens with two attached hydrogens (primary N) is 1. The zero-order valence-corrected chi connectivity index (χ0v) is 9.79. The van der Waals surface area contributed by atoms with Gasteiger partial charge in [-0.25, -0.2) is 0 Å². The maximum atomic E-state index is 11.3. The molecule has 0 heterocycles. The average molecular weight is 218 g/mol. The predicted molar refractivity (Wildman–Crippen MR) is 58.6 cm³/mol. The van der Waals surface area contributed by atoms with Crippen molar-refractivity contribution in [3.63, 3.8) is 0 Å². The number of carbonyl (C=O) groups excluding carboxylic acids is 1. The number of ether oxygens (including phenoxy) is 2. The topological polar surface area (TPSA) is 73.6 Å². The normalized spacial score (nSPS) is 14.7. The molecule has 0 aromatic heterocycles. The maximum absolute atomic E-state index is 11.3. The summed E-state index contributed by atoms with van der Waals surface area (Å²) in [5.74, 6) is -0.0393. The van der Waals surface area contributed by atoms with E-state index in [1.165, 1.54) is 0 Å². The van der Waals surface area contributed by atoms with E-state index < -0.39 is 0 Å². The molecule has 5 nitrogen and oxygen atoms in total. The van der Waals surface area contributed by atoms with Crippen LogP contribution in [0.1, 0.15) is 19.8 Å². The first-order chi connectivity index (χ1) is 7.13. The summed E-state index contributed by atoms with van der Waals surface area (Å²) >= 11 is 0. The van der Waals surface area contributed by atoms with Crippen LogP contribution < -0.4 is 11.1 Å². The minimum atomic E-state index is -0.100. The van der Waals surface area contributed by atoms with Crippen molar-refractivity contribution in [1.29, 1.82) is 0 Å². The molecule has 0 radical (unpaired) electrons. The van der Waals surface area contributed by atoms with Crippen LogP contribution in [0, 0.1) is 0 Å². The van der Waals surface area contributed by atoms with Gasteiger partial charge in [-0.15, -0.1) is 0 Å². The van der Waals surface area contributed by atoms with Gasteiger partial charge >= 0.3 is 0 Å². The lowest BCUT2D eigenvalue weighted by atomic mass is 10.1. The number of amides is 1. The summed E-state index contributed by atoms with van der Waals surface area (Å²) in [6, 6.07) is -0.0616. The van der Waals surface area contributed by atoms with E-state index in [0.717, 1.165) is 6.42 Å². The van der Waals surface area contributed by atoms with Gasteiger partial charge in [-0.1, -0.05) is 6.92 Å². The Bertz CT molecular complexity index is 176. The van der Waals surface area contributed by atoms with E-state index >= 15 is 0 Å². The van der Waals surface area contributed by atoms with Crippen LogP contribution in [0.25, 0.3) is 0 Å². The molecule has 15 heavy (non-hydrogen) atoms. The maximum Gasteiger partial charge on any atom is 0.221 e. The summed E-state index contributed by atoms with van der Waals surface area (Å²) in [5.41, 5.74) is 5.65. The minimum absolute atomic E-state index is 0.0393. The molecule has 0 saturated carbocycles. The Balaban J connectivity index is 3.68. The molecule has 90 valence electrons. The van der Waals surface area contributed by atoms with Gasteiger partial charge in [0.25, 0.3) is 0 Å². The molecule has 2 atom stereocenters. The van der Waals surface area contributed by atoms with Gasteiger partial charge in [-0.05, 0) is 6.42 Å². The largest absolute Gasteiger partial charge is 0.382 e. The summed E-state index contributed by atoms with van der Waals surface area (Å²) in [4.78, 5) is 11.3. The summed E-state index contributed by atoms with van der Waals surface area (Å²) in [6.45, 7) is 2.89. The molecule has 0 aliphatic carbocycles. The Morgan fingerprint density at radius 3 is 2.60 bits per heavy atom. The molecule has 0 aliphatic heterocycles. The van der Waals surface area contributed by atoms with Gasteiger partial charge < -0.3 is 20.5 Å². The SMILES string of the molecule is CCC(N)CC(=O)NCC(COC)OC. The second-order valence-electron chi connectivity index (χ2n) is 3.49. The summed E-state index contributed by atoms with van der Waals surface area (Å²) in [6.07, 6.45) is 1.07. The van der Waals surface area contributed by atoms with Crippen molar-refractivity contribution in [3.05, 3.63) is 0 Å². The van der Waals surface area contributed by atoms with E-state index in [9.17, 15) is 4.79 Å². The minimum Gasteiger partial charge on any atom is -0.382 e. The second-order valence-corrected chi connectivity index (χ2v) is 3.49. The Kier molecular flexibility index (Phi) is 8.27. The van der Waals surface area contributed by atoms with Crippen LogP contribution in [0.15, 0.2) is 0 Å². The van der Waals surface area contributed by atoms with Crippen molar-refractivity contribution in [1.82, 2.24) is 5.32 Å². The Morgan fingerprint density at radius 1 is 1.47 bits per heavy atom. The van der Waals surface area contributed by atoms with Crippen LogP contribution in [0.2, 0.25) is 0 Å². The molecule has 0 aliphatic rings. The third kappa shape index (κ3) is 7.30. The fourth-order valence-corrected chi connectivity index (χ4v) is 1.08. The number of hydrogen-bond donors (Lipinski definition) is 2. The molecule has 5 heteroatoms. The van der Waals surface area contributed by atoms with Crippen molar-refractivity contribution >= 4 is 5.91 Å². The lowest BCUT2D eigenvalue weighted by molar-refractivity contribution is -0.122. The molecule has 0 saturated heterocycles. The zero-order chi connectivity index (χ0) is 11.7. The van der Waals surface area contributed by atoms with Gasteiger partial charge in [0.1, 0.15) is 0 Å². The quantitative estimate of drug-likeness (QED) is 0.596. The summed E-state index contributed by atoms with van der Waals surface area (Å²) < 4.78 is 10.0. The van der Waals surface area contributed by atoms with Gasteiger partial charge in [-0.2, -0.15) is 0 Å². The highest BCUT2D eigenvalue weighted by molar-refractivity contribution is 5.76. The van der Waals surface area contributed by atoms with Gasteiger partial charge in [0.15, 0.2) is 0 Å². The highest BCUT2D eigenvalue weighted by Crippen LogP contribution is 1.94. The van der Waals surface area contributed by atoms with Crippen molar-refractivity contribution in [2.24, 2.45) is 5.73 Å². The highest BCUT2D eigenvalue weighted by atomic mass is 16.5. The van der Waals surface area contributed by atoms with E-state index in [0.29, 0.717) is 19.6 Å². The predicted octanol–water partition coefficient (Wildman–Crippen LogP) is -0.109. The molecular formula is C10H22N2O3. The molecule has 0 aromatic carbocycles. The smallest absolute Gasteiger partial charge is 0.221 e. The van der Waals surface area contributed by atoms with Crippen molar-refractivity contribution in [2.75, 3.05) is 27.4 Å². The standard InChI is InChI=1S/C10H22N2O3/c1-4-8(11)5-10(13)12-6-9(15-3)7-14-2/h8-9H,4-7,11H2,1-3H3,(H,12,13). The first kappa shape index (κ1) is 14.3. The lowest BCUT2D eigenvalue weighted by Gasteiger charge is -2.15. The fraction of sp³-hybridized carbons (Fsp3) is 0.900. The first-order valence-electron chi connectivity index (χ1n) is 5.18. The van der Waals surface area contributed by atoms with Gasteiger partial charge in [0.2, 0.25) is 5.91 Å². The van der Waals surface area contributed by atoms with E-state index in [1.54, 1.807) is 14.2 Å². The van der Waals surface area contributed by atoms with Crippen LogP contribution in [0.5, 0.6) is 0 Å². The van der Waals surface area contributed by atoms with Gasteiger partial charge in [-0.3, -0.25) is 4.79 Å². The number of rotatable bonds is 8. The van der Waals surface area contributed by atoms with Crippen molar-refractivity contribution in [2.45, 2.75) is 31.9 Å². The first-order valence-corrected chi connectivity index (χ1v) is 5.18. The van der Waals surface area contributed by atoms with Crippen LogP contribution >= 0.6 is 0 Å². The van der Waals surface area contributed by atoms with E-state index in [4.69, 9.17) is 15.2 Å². The summed E-state index contributed by atoms with van der Waals surface area (Å²) in [5, 5.41) is 2.76. The van der Waals surface area contributed by atoms with Crippen LogP contribution in [0.3, 0.4) is 0 Å². The van der Waals surface area contributed by atoms with E-state index in [2.05, 4.69) is 5.32 Å². The monoisotopic (exact) mass is 218 g/mol. The third-order valence-corrected chi connectivity index (χ3v) is 2.18. The van der Waals surface area contributed by atoms with E-state index in [1.807, 2.05) is 6.92 Å². The number of methoxy groups -OCH3 is 2. The molecule has 0 fully saturated rings. The zero-order valence-electron chi connectivity index (χ0n) is 9.79. The second kappa shape index (κ2) is 8.64.